The van der Waals surface area contributed by atoms with Gasteiger partial charge in [-0.15, -0.1) is 11.3 Å². The summed E-state index contributed by atoms with van der Waals surface area (Å²) in [5.41, 5.74) is 0. The summed E-state index contributed by atoms with van der Waals surface area (Å²) in [4.78, 5) is 6.88. The second-order valence-electron chi connectivity index (χ2n) is 3.64. The van der Waals surface area contributed by atoms with Gasteiger partial charge in [-0.3, -0.25) is 0 Å². The molecule has 1 heterocycles. The molecule has 2 rings (SSSR count). The van der Waals surface area contributed by atoms with Gasteiger partial charge in [0.15, 0.2) is 5.13 Å². The fraction of sp³-hybridized carbons (Fsp3) is 0.700. The van der Waals surface area contributed by atoms with E-state index in [0.717, 1.165) is 17.9 Å². The summed E-state index contributed by atoms with van der Waals surface area (Å²) >= 11 is 5.25. The average Bonchev–Trinajstić information content (AvgIpc) is 2.61. The zero-order valence-electron chi connectivity index (χ0n) is 8.16. The van der Waals surface area contributed by atoms with Crippen LogP contribution < -0.4 is 4.90 Å². The second-order valence-corrected chi connectivity index (χ2v) is 5.30. The lowest BCUT2D eigenvalue weighted by molar-refractivity contribution is 0.386. The van der Waals surface area contributed by atoms with Crippen LogP contribution in [0, 0.1) is 0 Å². The first-order valence-electron chi connectivity index (χ1n) is 5.14. The maximum atomic E-state index is 4.40. The van der Waals surface area contributed by atoms with E-state index in [1.54, 1.807) is 11.3 Å². The first kappa shape index (κ1) is 10.4. The topological polar surface area (TPSA) is 16.1 Å². The number of hydrogen-bond donors (Lipinski definition) is 0. The number of rotatable bonds is 5. The molecule has 14 heavy (non-hydrogen) atoms. The van der Waals surface area contributed by atoms with Crippen molar-refractivity contribution in [3.05, 3.63) is 11.6 Å². The van der Waals surface area contributed by atoms with E-state index in [1.165, 1.54) is 30.8 Å². The quantitative estimate of drug-likeness (QED) is 0.767. The van der Waals surface area contributed by atoms with Gasteiger partial charge in [-0.2, -0.15) is 0 Å². The maximum Gasteiger partial charge on any atom is 0.185 e. The van der Waals surface area contributed by atoms with Crippen molar-refractivity contribution in [2.75, 3.05) is 16.8 Å². The Morgan fingerprint density at radius 3 is 2.93 bits per heavy atom. The zero-order chi connectivity index (χ0) is 9.80. The Balaban J connectivity index is 1.98. The number of thiazole rings is 1. The first-order valence-corrected chi connectivity index (χ1v) is 7.14. The molecule has 1 aliphatic rings. The summed E-state index contributed by atoms with van der Waals surface area (Å²) in [6.07, 6.45) is 7.19. The van der Waals surface area contributed by atoms with Crippen LogP contribution in [-0.4, -0.2) is 22.9 Å². The van der Waals surface area contributed by atoms with Crippen molar-refractivity contribution in [3.8, 4) is 0 Å². The van der Waals surface area contributed by atoms with Gasteiger partial charge in [0, 0.05) is 29.5 Å². The lowest BCUT2D eigenvalue weighted by Gasteiger charge is -2.37. The van der Waals surface area contributed by atoms with E-state index >= 15 is 0 Å². The molecule has 0 radical (unpaired) electrons. The van der Waals surface area contributed by atoms with E-state index in [-0.39, 0.29) is 0 Å². The molecule has 78 valence electrons. The first-order chi connectivity index (χ1) is 6.92. The van der Waals surface area contributed by atoms with Crippen LogP contribution in [0.25, 0.3) is 0 Å². The molecule has 1 aromatic rings. The summed E-state index contributed by atoms with van der Waals surface area (Å²) in [5.74, 6) is 0. The van der Waals surface area contributed by atoms with Gasteiger partial charge in [0.25, 0.3) is 0 Å². The molecule has 2 nitrogen and oxygen atoms in total. The highest BCUT2D eigenvalue weighted by atomic mass is 79.9. The van der Waals surface area contributed by atoms with Gasteiger partial charge in [0.2, 0.25) is 0 Å². The molecule has 0 amide bonds. The predicted molar refractivity (Wildman–Crippen MR) is 65.5 cm³/mol. The number of halogens is 1. The number of alkyl halides is 1. The van der Waals surface area contributed by atoms with Crippen LogP contribution in [0.2, 0.25) is 0 Å². The summed E-state index contributed by atoms with van der Waals surface area (Å²) in [6, 6.07) is 0.764. The molecule has 0 aliphatic heterocycles. The summed E-state index contributed by atoms with van der Waals surface area (Å²) < 4.78 is 0. The van der Waals surface area contributed by atoms with Gasteiger partial charge in [0.1, 0.15) is 0 Å². The second kappa shape index (κ2) is 5.12. The van der Waals surface area contributed by atoms with Crippen LogP contribution in [0.5, 0.6) is 0 Å². The van der Waals surface area contributed by atoms with E-state index in [0.29, 0.717) is 0 Å². The molecule has 0 N–H and O–H groups in total. The van der Waals surface area contributed by atoms with Crippen LogP contribution in [0.4, 0.5) is 5.13 Å². The molecule has 4 heteroatoms. The van der Waals surface area contributed by atoms with Crippen molar-refractivity contribution in [1.29, 1.82) is 0 Å². The SMILES string of the molecule is BrCCCN(c1nccs1)C1CCC1. The summed E-state index contributed by atoms with van der Waals surface area (Å²) in [5, 5.41) is 4.35. The molecule has 0 aromatic carbocycles. The largest absolute Gasteiger partial charge is 0.345 e. The lowest BCUT2D eigenvalue weighted by Crippen LogP contribution is -2.40. The smallest absolute Gasteiger partial charge is 0.185 e. The summed E-state index contributed by atoms with van der Waals surface area (Å²) in [7, 11) is 0. The Morgan fingerprint density at radius 1 is 1.57 bits per heavy atom. The van der Waals surface area contributed by atoms with Gasteiger partial charge < -0.3 is 4.90 Å². The van der Waals surface area contributed by atoms with Crippen LogP contribution in [0.15, 0.2) is 11.6 Å². The van der Waals surface area contributed by atoms with Crippen molar-refractivity contribution in [2.24, 2.45) is 0 Å². The fourth-order valence-electron chi connectivity index (χ4n) is 1.72. The molecule has 1 aromatic heterocycles. The Hall–Kier alpha value is -0.0900. The number of hydrogen-bond acceptors (Lipinski definition) is 3. The Morgan fingerprint density at radius 2 is 2.43 bits per heavy atom. The molecular formula is C10H15BrN2S. The van der Waals surface area contributed by atoms with E-state index in [4.69, 9.17) is 0 Å². The number of anilines is 1. The predicted octanol–water partition coefficient (Wildman–Crippen LogP) is 3.29. The van der Waals surface area contributed by atoms with Crippen molar-refractivity contribution in [1.82, 2.24) is 4.98 Å². The zero-order valence-corrected chi connectivity index (χ0v) is 10.6. The minimum Gasteiger partial charge on any atom is -0.345 e. The molecule has 1 aliphatic carbocycles. The lowest BCUT2D eigenvalue weighted by atomic mass is 9.92. The van der Waals surface area contributed by atoms with E-state index in [2.05, 4.69) is 31.2 Å². The monoisotopic (exact) mass is 274 g/mol. The molecule has 0 saturated heterocycles. The molecule has 1 fully saturated rings. The van der Waals surface area contributed by atoms with E-state index < -0.39 is 0 Å². The third kappa shape index (κ3) is 2.28. The molecule has 0 bridgehead atoms. The van der Waals surface area contributed by atoms with Gasteiger partial charge in [0.05, 0.1) is 0 Å². The maximum absolute atomic E-state index is 4.40. The van der Waals surface area contributed by atoms with E-state index in [9.17, 15) is 0 Å². The van der Waals surface area contributed by atoms with Crippen LogP contribution in [0.3, 0.4) is 0 Å². The van der Waals surface area contributed by atoms with Crippen LogP contribution >= 0.6 is 27.3 Å². The fourth-order valence-corrected chi connectivity index (χ4v) is 2.71. The Bertz CT molecular complexity index is 259. The highest BCUT2D eigenvalue weighted by molar-refractivity contribution is 9.09. The minimum atomic E-state index is 0.764. The van der Waals surface area contributed by atoms with Crippen LogP contribution in [0.1, 0.15) is 25.7 Å². The van der Waals surface area contributed by atoms with Crippen molar-refractivity contribution in [3.63, 3.8) is 0 Å². The standard InChI is InChI=1S/C10H15BrN2S/c11-5-2-7-13(9-3-1-4-9)10-12-6-8-14-10/h6,8-9H,1-5,7H2. The third-order valence-electron chi connectivity index (χ3n) is 2.71. The Labute approximate surface area is 97.5 Å². The molecule has 0 unspecified atom stereocenters. The van der Waals surface area contributed by atoms with Gasteiger partial charge >= 0.3 is 0 Å². The van der Waals surface area contributed by atoms with Crippen molar-refractivity contribution >= 4 is 32.4 Å². The normalized spacial score (nSPS) is 16.6. The minimum absolute atomic E-state index is 0.764. The van der Waals surface area contributed by atoms with Gasteiger partial charge in [-0.05, 0) is 25.7 Å². The van der Waals surface area contributed by atoms with Crippen molar-refractivity contribution < 1.29 is 0 Å². The van der Waals surface area contributed by atoms with Crippen molar-refractivity contribution in [2.45, 2.75) is 31.7 Å². The van der Waals surface area contributed by atoms with E-state index in [1.807, 2.05) is 6.20 Å². The number of aromatic nitrogens is 1. The molecule has 0 spiro atoms. The number of nitrogens with zero attached hydrogens (tertiary/aromatic N) is 2. The van der Waals surface area contributed by atoms with Gasteiger partial charge in [-0.25, -0.2) is 4.98 Å². The highest BCUT2D eigenvalue weighted by Gasteiger charge is 2.25. The highest BCUT2D eigenvalue weighted by Crippen LogP contribution is 2.30. The molecule has 0 atom stereocenters. The van der Waals surface area contributed by atoms with Crippen LogP contribution in [-0.2, 0) is 0 Å². The molecule has 1 saturated carbocycles. The average molecular weight is 275 g/mol. The van der Waals surface area contributed by atoms with Gasteiger partial charge in [-0.1, -0.05) is 15.9 Å². The molecular weight excluding hydrogens is 260 g/mol. The Kier molecular flexibility index (Phi) is 3.81. The third-order valence-corrected chi connectivity index (χ3v) is 4.08. The summed E-state index contributed by atoms with van der Waals surface area (Å²) in [6.45, 7) is 1.14.